The van der Waals surface area contributed by atoms with E-state index >= 15 is 0 Å². The van der Waals surface area contributed by atoms with Crippen LogP contribution in [0.4, 0.5) is 0 Å². The van der Waals surface area contributed by atoms with Crippen molar-refractivity contribution in [3.8, 4) is 0 Å². The van der Waals surface area contributed by atoms with E-state index in [-0.39, 0.29) is 24.5 Å². The fourth-order valence-corrected chi connectivity index (χ4v) is 1.27. The fourth-order valence-electron chi connectivity index (χ4n) is 1.27. The van der Waals surface area contributed by atoms with Crippen molar-refractivity contribution in [2.24, 2.45) is 11.7 Å². The summed E-state index contributed by atoms with van der Waals surface area (Å²) in [5.74, 6) is 0.0634. The molecule has 0 aromatic carbocycles. The molecule has 0 aliphatic rings. The van der Waals surface area contributed by atoms with E-state index in [2.05, 4.69) is 12.2 Å². The van der Waals surface area contributed by atoms with Gasteiger partial charge in [-0.2, -0.15) is 0 Å². The Hall–Kier alpha value is -0.610. The van der Waals surface area contributed by atoms with Crippen molar-refractivity contribution < 1.29 is 9.90 Å². The highest BCUT2D eigenvalue weighted by molar-refractivity contribution is 5.81. The number of amides is 1. The lowest BCUT2D eigenvalue weighted by Gasteiger charge is -2.22. The van der Waals surface area contributed by atoms with E-state index in [1.165, 1.54) is 0 Å². The van der Waals surface area contributed by atoms with Crippen LogP contribution in [0.15, 0.2) is 0 Å². The number of nitrogens with two attached hydrogens (primary N) is 1. The van der Waals surface area contributed by atoms with E-state index in [1.54, 1.807) is 0 Å². The topological polar surface area (TPSA) is 75.4 Å². The summed E-state index contributed by atoms with van der Waals surface area (Å²) in [5.41, 5.74) is 5.71. The van der Waals surface area contributed by atoms with Crippen LogP contribution in [0.1, 0.15) is 40.0 Å². The Kier molecular flexibility index (Phi) is 7.34. The van der Waals surface area contributed by atoms with Gasteiger partial charge in [0.1, 0.15) is 0 Å². The van der Waals surface area contributed by atoms with Crippen LogP contribution >= 0.6 is 0 Å². The first-order valence-electron chi connectivity index (χ1n) is 5.69. The number of carbonyl (C=O) groups is 1. The number of rotatable bonds is 7. The van der Waals surface area contributed by atoms with Crippen molar-refractivity contribution in [2.45, 2.75) is 52.1 Å². The molecule has 0 aliphatic heterocycles. The Balaban J connectivity index is 3.98. The monoisotopic (exact) mass is 216 g/mol. The first-order chi connectivity index (χ1) is 7.02. The second-order valence-corrected chi connectivity index (χ2v) is 4.29. The third-order valence-corrected chi connectivity index (χ3v) is 2.53. The standard InChI is InChI=1S/C11H24N2O2/c1-4-5-6-9(12)11(15)13-10(7-14)8(2)3/h8-10,14H,4-7,12H2,1-3H3,(H,13,15)/t9?,10-/m1/s1. The number of hydrogen-bond donors (Lipinski definition) is 3. The number of unbranched alkanes of at least 4 members (excludes halogenated alkanes) is 1. The highest BCUT2D eigenvalue weighted by Crippen LogP contribution is 2.03. The summed E-state index contributed by atoms with van der Waals surface area (Å²) in [7, 11) is 0. The third kappa shape index (κ3) is 5.74. The molecule has 0 spiro atoms. The summed E-state index contributed by atoms with van der Waals surface area (Å²) >= 11 is 0. The molecule has 2 atom stereocenters. The summed E-state index contributed by atoms with van der Waals surface area (Å²) in [5, 5.41) is 11.8. The zero-order valence-corrected chi connectivity index (χ0v) is 9.99. The van der Waals surface area contributed by atoms with Gasteiger partial charge < -0.3 is 16.2 Å². The second kappa shape index (κ2) is 7.65. The van der Waals surface area contributed by atoms with Gasteiger partial charge in [0.05, 0.1) is 18.7 Å². The molecule has 0 radical (unpaired) electrons. The summed E-state index contributed by atoms with van der Waals surface area (Å²) < 4.78 is 0. The molecule has 0 aromatic rings. The third-order valence-electron chi connectivity index (χ3n) is 2.53. The fraction of sp³-hybridized carbons (Fsp3) is 0.909. The van der Waals surface area contributed by atoms with Gasteiger partial charge in [-0.05, 0) is 12.3 Å². The van der Waals surface area contributed by atoms with Crippen LogP contribution in [-0.2, 0) is 4.79 Å². The molecule has 0 bridgehead atoms. The van der Waals surface area contributed by atoms with Gasteiger partial charge in [-0.3, -0.25) is 4.79 Å². The molecule has 0 heterocycles. The maximum atomic E-state index is 11.6. The molecule has 90 valence electrons. The van der Waals surface area contributed by atoms with Gasteiger partial charge in [-0.15, -0.1) is 0 Å². The Morgan fingerprint density at radius 3 is 2.47 bits per heavy atom. The minimum absolute atomic E-state index is 0.0378. The van der Waals surface area contributed by atoms with Crippen LogP contribution in [0.3, 0.4) is 0 Å². The molecule has 4 heteroatoms. The van der Waals surface area contributed by atoms with E-state index < -0.39 is 6.04 Å². The molecule has 0 saturated carbocycles. The SMILES string of the molecule is CCCCC(N)C(=O)N[C@H](CO)C(C)C. The molecule has 4 nitrogen and oxygen atoms in total. The van der Waals surface area contributed by atoms with Crippen LogP contribution in [0, 0.1) is 5.92 Å². The van der Waals surface area contributed by atoms with Crippen LogP contribution in [0.25, 0.3) is 0 Å². The lowest BCUT2D eigenvalue weighted by Crippen LogP contribution is -2.48. The van der Waals surface area contributed by atoms with Crippen molar-refractivity contribution in [1.29, 1.82) is 0 Å². The average molecular weight is 216 g/mol. The van der Waals surface area contributed by atoms with Crippen molar-refractivity contribution in [2.75, 3.05) is 6.61 Å². The quantitative estimate of drug-likeness (QED) is 0.584. The minimum Gasteiger partial charge on any atom is -0.394 e. The van der Waals surface area contributed by atoms with Gasteiger partial charge in [0, 0.05) is 0 Å². The van der Waals surface area contributed by atoms with Crippen LogP contribution < -0.4 is 11.1 Å². The molecule has 0 rings (SSSR count). The molecule has 0 fully saturated rings. The van der Waals surface area contributed by atoms with Gasteiger partial charge in [0.2, 0.25) is 5.91 Å². The largest absolute Gasteiger partial charge is 0.394 e. The summed E-state index contributed by atoms with van der Waals surface area (Å²) in [6.07, 6.45) is 2.70. The molecular formula is C11H24N2O2. The smallest absolute Gasteiger partial charge is 0.237 e. The number of hydrogen-bond acceptors (Lipinski definition) is 3. The predicted molar refractivity (Wildman–Crippen MR) is 61.4 cm³/mol. The molecule has 4 N–H and O–H groups in total. The van der Waals surface area contributed by atoms with Gasteiger partial charge in [-0.1, -0.05) is 33.6 Å². The first kappa shape index (κ1) is 14.4. The molecule has 0 aliphatic carbocycles. The Bertz CT molecular complexity index is 183. The molecular weight excluding hydrogens is 192 g/mol. The normalized spacial score (nSPS) is 15.1. The molecule has 15 heavy (non-hydrogen) atoms. The second-order valence-electron chi connectivity index (χ2n) is 4.29. The number of nitrogens with one attached hydrogen (secondary N) is 1. The van der Waals surface area contributed by atoms with E-state index in [1.807, 2.05) is 13.8 Å². The Labute approximate surface area is 92.2 Å². The lowest BCUT2D eigenvalue weighted by molar-refractivity contribution is -0.123. The van der Waals surface area contributed by atoms with Gasteiger partial charge in [0.25, 0.3) is 0 Å². The zero-order valence-electron chi connectivity index (χ0n) is 9.99. The molecule has 1 unspecified atom stereocenters. The number of aliphatic hydroxyl groups excluding tert-OH is 1. The summed E-state index contributed by atoms with van der Waals surface area (Å²) in [6, 6.07) is -0.636. The summed E-state index contributed by atoms with van der Waals surface area (Å²) in [6.45, 7) is 5.94. The van der Waals surface area contributed by atoms with Crippen molar-refractivity contribution in [3.63, 3.8) is 0 Å². The molecule has 0 aromatic heterocycles. The lowest BCUT2D eigenvalue weighted by atomic mass is 10.0. The number of aliphatic hydroxyl groups is 1. The predicted octanol–water partition coefficient (Wildman–Crippen LogP) is 0.637. The molecule has 0 saturated heterocycles. The van der Waals surface area contributed by atoms with E-state index in [9.17, 15) is 4.79 Å². The van der Waals surface area contributed by atoms with E-state index in [0.717, 1.165) is 12.8 Å². The number of carbonyl (C=O) groups excluding carboxylic acids is 1. The van der Waals surface area contributed by atoms with Crippen molar-refractivity contribution in [3.05, 3.63) is 0 Å². The maximum Gasteiger partial charge on any atom is 0.237 e. The summed E-state index contributed by atoms with van der Waals surface area (Å²) in [4.78, 5) is 11.6. The van der Waals surface area contributed by atoms with Crippen molar-refractivity contribution in [1.82, 2.24) is 5.32 Å². The highest BCUT2D eigenvalue weighted by atomic mass is 16.3. The van der Waals surface area contributed by atoms with Crippen molar-refractivity contribution >= 4 is 5.91 Å². The Morgan fingerprint density at radius 2 is 2.07 bits per heavy atom. The van der Waals surface area contributed by atoms with E-state index in [0.29, 0.717) is 6.42 Å². The van der Waals surface area contributed by atoms with Gasteiger partial charge in [-0.25, -0.2) is 0 Å². The Morgan fingerprint density at radius 1 is 1.47 bits per heavy atom. The van der Waals surface area contributed by atoms with Crippen LogP contribution in [-0.4, -0.2) is 29.7 Å². The van der Waals surface area contributed by atoms with Crippen LogP contribution in [0.2, 0.25) is 0 Å². The van der Waals surface area contributed by atoms with Gasteiger partial charge >= 0.3 is 0 Å². The molecule has 1 amide bonds. The maximum absolute atomic E-state index is 11.6. The van der Waals surface area contributed by atoms with E-state index in [4.69, 9.17) is 10.8 Å². The minimum atomic E-state index is -0.447. The zero-order chi connectivity index (χ0) is 11.8. The highest BCUT2D eigenvalue weighted by Gasteiger charge is 2.19. The van der Waals surface area contributed by atoms with Crippen LogP contribution in [0.5, 0.6) is 0 Å². The first-order valence-corrected chi connectivity index (χ1v) is 5.69. The average Bonchev–Trinajstić information content (AvgIpc) is 2.21. The van der Waals surface area contributed by atoms with Gasteiger partial charge in [0.15, 0.2) is 0 Å².